The van der Waals surface area contributed by atoms with Crippen LogP contribution in [-0.2, 0) is 20.7 Å². The quantitative estimate of drug-likeness (QED) is 0.546. The maximum Gasteiger partial charge on any atom is 0.307 e. The summed E-state index contributed by atoms with van der Waals surface area (Å²) in [5, 5.41) is 0. The molecule has 0 heterocycles. The summed E-state index contributed by atoms with van der Waals surface area (Å²) in [4.78, 5) is 10.8. The van der Waals surface area contributed by atoms with Crippen LogP contribution in [0.25, 0.3) is 0 Å². The van der Waals surface area contributed by atoms with Gasteiger partial charge in [0.1, 0.15) is 0 Å². The van der Waals surface area contributed by atoms with Crippen LogP contribution in [0.1, 0.15) is 17.5 Å². The number of ether oxygens (including phenoxy) is 2. The van der Waals surface area contributed by atoms with E-state index in [4.69, 9.17) is 4.74 Å². The molecule has 0 atom stereocenters. The predicted molar refractivity (Wildman–Crippen MR) is 62.3 cm³/mol. The average molecular weight is 222 g/mol. The van der Waals surface area contributed by atoms with Crippen LogP contribution < -0.4 is 0 Å². The predicted octanol–water partition coefficient (Wildman–Crippen LogP) is 2.12. The fraction of sp³-hybridized carbons (Fsp3) is 0.462. The highest BCUT2D eigenvalue weighted by molar-refractivity contribution is 5.69. The lowest BCUT2D eigenvalue weighted by molar-refractivity contribution is -0.141. The van der Waals surface area contributed by atoms with Gasteiger partial charge < -0.3 is 9.47 Å². The number of aryl methyl sites for hydroxylation is 1. The molecule has 0 amide bonds. The van der Waals surface area contributed by atoms with E-state index < -0.39 is 0 Å². The molecule has 0 spiro atoms. The summed E-state index contributed by atoms with van der Waals surface area (Å²) in [7, 11) is 1.38. The second kappa shape index (κ2) is 7.01. The van der Waals surface area contributed by atoms with E-state index in [9.17, 15) is 4.79 Å². The van der Waals surface area contributed by atoms with Gasteiger partial charge in [0.15, 0.2) is 0 Å². The third kappa shape index (κ3) is 4.94. The molecule has 0 saturated carbocycles. The van der Waals surface area contributed by atoms with Gasteiger partial charge in [0.2, 0.25) is 0 Å². The Morgan fingerprint density at radius 3 is 2.50 bits per heavy atom. The van der Waals surface area contributed by atoms with E-state index in [1.165, 1.54) is 18.2 Å². The molecule has 1 aromatic rings. The molecule has 0 aliphatic heterocycles. The van der Waals surface area contributed by atoms with Crippen molar-refractivity contribution in [3.05, 3.63) is 35.4 Å². The molecule has 0 aromatic heterocycles. The summed E-state index contributed by atoms with van der Waals surface area (Å²) in [6.45, 7) is 3.13. The largest absolute Gasteiger partial charge is 0.469 e. The van der Waals surface area contributed by atoms with E-state index in [1.54, 1.807) is 0 Å². The third-order valence-corrected chi connectivity index (χ3v) is 2.33. The molecule has 1 aromatic carbocycles. The Balaban J connectivity index is 2.11. The first kappa shape index (κ1) is 12.7. The van der Waals surface area contributed by atoms with Crippen LogP contribution in [0.4, 0.5) is 0 Å². The van der Waals surface area contributed by atoms with Gasteiger partial charge in [0, 0.05) is 0 Å². The molecule has 3 nitrogen and oxygen atoms in total. The highest BCUT2D eigenvalue weighted by atomic mass is 16.5. The van der Waals surface area contributed by atoms with Gasteiger partial charge >= 0.3 is 5.97 Å². The van der Waals surface area contributed by atoms with E-state index in [0.717, 1.165) is 6.42 Å². The molecular formula is C13H18O3. The summed E-state index contributed by atoms with van der Waals surface area (Å²) in [6.07, 6.45) is 1.20. The Bertz CT molecular complexity index is 316. The lowest BCUT2D eigenvalue weighted by Gasteiger charge is -2.04. The molecule has 0 fully saturated rings. The highest BCUT2D eigenvalue weighted by Gasteiger charge is 1.99. The van der Waals surface area contributed by atoms with E-state index in [-0.39, 0.29) is 5.97 Å². The molecule has 16 heavy (non-hydrogen) atoms. The highest BCUT2D eigenvalue weighted by Crippen LogP contribution is 2.03. The van der Waals surface area contributed by atoms with E-state index >= 15 is 0 Å². The monoisotopic (exact) mass is 222 g/mol. The zero-order chi connectivity index (χ0) is 11.8. The minimum absolute atomic E-state index is 0.227. The van der Waals surface area contributed by atoms with Gasteiger partial charge in [-0.2, -0.15) is 0 Å². The number of esters is 1. The van der Waals surface area contributed by atoms with Crippen LogP contribution in [0.5, 0.6) is 0 Å². The minimum Gasteiger partial charge on any atom is -0.469 e. The fourth-order valence-corrected chi connectivity index (χ4v) is 1.30. The van der Waals surface area contributed by atoms with E-state index in [2.05, 4.69) is 35.9 Å². The Kier molecular flexibility index (Phi) is 5.57. The van der Waals surface area contributed by atoms with Crippen molar-refractivity contribution in [3.63, 3.8) is 0 Å². The topological polar surface area (TPSA) is 35.5 Å². The number of hydrogen-bond acceptors (Lipinski definition) is 3. The molecule has 0 saturated heterocycles. The SMILES string of the molecule is COC(=O)CCOCCc1ccc(C)cc1. The molecule has 3 heteroatoms. The second-order valence-electron chi connectivity index (χ2n) is 3.67. The van der Waals surface area contributed by atoms with Crippen molar-refractivity contribution < 1.29 is 14.3 Å². The molecule has 1 rings (SSSR count). The Labute approximate surface area is 96.4 Å². The smallest absolute Gasteiger partial charge is 0.307 e. The van der Waals surface area contributed by atoms with Crippen molar-refractivity contribution in [2.75, 3.05) is 20.3 Å². The third-order valence-electron chi connectivity index (χ3n) is 2.33. The summed E-state index contributed by atoms with van der Waals surface area (Å²) in [5.41, 5.74) is 2.51. The van der Waals surface area contributed by atoms with Gasteiger partial charge in [-0.05, 0) is 18.9 Å². The van der Waals surface area contributed by atoms with Crippen LogP contribution in [-0.4, -0.2) is 26.3 Å². The Morgan fingerprint density at radius 2 is 1.88 bits per heavy atom. The lowest BCUT2D eigenvalue weighted by Crippen LogP contribution is -2.07. The first-order valence-corrected chi connectivity index (χ1v) is 5.42. The lowest BCUT2D eigenvalue weighted by atomic mass is 10.1. The summed E-state index contributed by atoms with van der Waals surface area (Å²) >= 11 is 0. The minimum atomic E-state index is -0.227. The van der Waals surface area contributed by atoms with Crippen LogP contribution in [0.15, 0.2) is 24.3 Å². The van der Waals surface area contributed by atoms with Gasteiger partial charge in [-0.1, -0.05) is 29.8 Å². The summed E-state index contributed by atoms with van der Waals surface area (Å²) in [6, 6.07) is 8.37. The number of carbonyl (C=O) groups excluding carboxylic acids is 1. The van der Waals surface area contributed by atoms with Crippen LogP contribution in [0.3, 0.4) is 0 Å². The first-order valence-electron chi connectivity index (χ1n) is 5.42. The average Bonchev–Trinajstić information content (AvgIpc) is 2.31. The van der Waals surface area contributed by atoms with Crippen LogP contribution >= 0.6 is 0 Å². The zero-order valence-electron chi connectivity index (χ0n) is 9.86. The van der Waals surface area contributed by atoms with Crippen molar-refractivity contribution in [3.8, 4) is 0 Å². The summed E-state index contributed by atoms with van der Waals surface area (Å²) in [5.74, 6) is -0.227. The molecule has 0 unspecified atom stereocenters. The molecular weight excluding hydrogens is 204 g/mol. The van der Waals surface area contributed by atoms with Gasteiger partial charge in [-0.3, -0.25) is 4.79 Å². The van der Waals surface area contributed by atoms with Crippen molar-refractivity contribution in [1.82, 2.24) is 0 Å². The first-order chi connectivity index (χ1) is 7.72. The molecule has 0 radical (unpaired) electrons. The maximum atomic E-state index is 10.8. The number of methoxy groups -OCH3 is 1. The van der Waals surface area contributed by atoms with Crippen molar-refractivity contribution in [1.29, 1.82) is 0 Å². The van der Waals surface area contributed by atoms with Gasteiger partial charge in [-0.15, -0.1) is 0 Å². The van der Waals surface area contributed by atoms with Gasteiger partial charge in [-0.25, -0.2) is 0 Å². The molecule has 0 bridgehead atoms. The van der Waals surface area contributed by atoms with Crippen molar-refractivity contribution >= 4 is 5.97 Å². The number of rotatable bonds is 6. The van der Waals surface area contributed by atoms with E-state index in [0.29, 0.717) is 19.6 Å². The fourth-order valence-electron chi connectivity index (χ4n) is 1.30. The second-order valence-corrected chi connectivity index (χ2v) is 3.67. The van der Waals surface area contributed by atoms with Crippen molar-refractivity contribution in [2.45, 2.75) is 19.8 Å². The number of hydrogen-bond donors (Lipinski definition) is 0. The maximum absolute atomic E-state index is 10.8. The molecule has 88 valence electrons. The molecule has 0 N–H and O–H groups in total. The Hall–Kier alpha value is -1.35. The van der Waals surface area contributed by atoms with Crippen molar-refractivity contribution in [2.24, 2.45) is 0 Å². The molecule has 0 aliphatic rings. The normalized spacial score (nSPS) is 10.1. The number of carbonyl (C=O) groups is 1. The number of benzene rings is 1. The van der Waals surface area contributed by atoms with Gasteiger partial charge in [0.25, 0.3) is 0 Å². The Morgan fingerprint density at radius 1 is 1.19 bits per heavy atom. The standard InChI is InChI=1S/C13H18O3/c1-11-3-5-12(6-4-11)7-9-16-10-8-13(14)15-2/h3-6H,7-10H2,1-2H3. The van der Waals surface area contributed by atoms with Crippen LogP contribution in [0, 0.1) is 6.92 Å². The van der Waals surface area contributed by atoms with Gasteiger partial charge in [0.05, 0.1) is 26.7 Å². The zero-order valence-corrected chi connectivity index (χ0v) is 9.86. The van der Waals surface area contributed by atoms with E-state index in [1.807, 2.05) is 0 Å². The van der Waals surface area contributed by atoms with Crippen LogP contribution in [0.2, 0.25) is 0 Å². The molecule has 0 aliphatic carbocycles. The summed E-state index contributed by atoms with van der Waals surface area (Å²) < 4.78 is 9.85.